The molecular weight excluding hydrogens is 1080 g/mol. The summed E-state index contributed by atoms with van der Waals surface area (Å²) in [5, 5.41) is 7.86. The summed E-state index contributed by atoms with van der Waals surface area (Å²) in [5.74, 6) is 0.911. The number of Topliss-reactive ketones (excluding diaryl/α,β-unsaturated/α-hetero) is 1. The molecule has 1 saturated carbocycles. The number of nitrogens with two attached hydrogens (primary N) is 1. The van der Waals surface area contributed by atoms with Gasteiger partial charge in [0.15, 0.2) is 5.78 Å². The zero-order chi connectivity index (χ0) is 58.6. The van der Waals surface area contributed by atoms with Gasteiger partial charge in [0.05, 0.1) is 23.0 Å². The van der Waals surface area contributed by atoms with Crippen molar-refractivity contribution in [3.63, 3.8) is 0 Å². The van der Waals surface area contributed by atoms with E-state index in [2.05, 4.69) is 32.8 Å². The van der Waals surface area contributed by atoms with E-state index in [-0.39, 0.29) is 104 Å². The average Bonchev–Trinajstić information content (AvgIpc) is 4.03. The highest BCUT2D eigenvalue weighted by atomic mass is 31.2. The molecule has 4 aromatic rings. The number of piperidine rings is 3. The van der Waals surface area contributed by atoms with Crippen molar-refractivity contribution in [2.24, 2.45) is 23.5 Å². The summed E-state index contributed by atoms with van der Waals surface area (Å²) >= 11 is 0. The zero-order valence-electron chi connectivity index (χ0n) is 45.2. The van der Waals surface area contributed by atoms with Gasteiger partial charge in [-0.1, -0.05) is 74.1 Å². The van der Waals surface area contributed by atoms with Crippen LogP contribution in [0, 0.1) is 29.6 Å². The Morgan fingerprint density at radius 2 is 1.68 bits per heavy atom. The number of benzene rings is 3. The second-order valence-corrected chi connectivity index (χ2v) is 23.7. The number of alkyl halides is 2. The van der Waals surface area contributed by atoms with Crippen LogP contribution in [0.3, 0.4) is 0 Å². The van der Waals surface area contributed by atoms with E-state index in [1.807, 2.05) is 13.0 Å². The maximum Gasteiger partial charge on any atom is 0.399 e. The van der Waals surface area contributed by atoms with Crippen molar-refractivity contribution < 1.29 is 66.3 Å². The predicted molar refractivity (Wildman–Crippen MR) is 293 cm³/mol. The van der Waals surface area contributed by atoms with Gasteiger partial charge in [0.2, 0.25) is 35.4 Å². The van der Waals surface area contributed by atoms with E-state index in [0.717, 1.165) is 30.2 Å². The Hall–Kier alpha value is -7.73. The number of hydrogen-bond acceptors (Lipinski definition) is 11. The maximum absolute atomic E-state index is 14.6. The van der Waals surface area contributed by atoms with Crippen molar-refractivity contribution in [2.75, 3.05) is 19.6 Å². The summed E-state index contributed by atoms with van der Waals surface area (Å²) in [6, 6.07) is 14.0. The van der Waals surface area contributed by atoms with Gasteiger partial charge in [-0.2, -0.15) is 8.78 Å². The molecule has 0 bridgehead atoms. The number of amides is 8. The van der Waals surface area contributed by atoms with Crippen molar-refractivity contribution in [3.05, 3.63) is 112 Å². The number of rotatable bonds is 21. The quantitative estimate of drug-likeness (QED) is 0.0367. The van der Waals surface area contributed by atoms with E-state index >= 15 is 0 Å². The first-order valence-corrected chi connectivity index (χ1v) is 29.4. The number of halogens is 2. The topological polar surface area (TPSA) is 296 Å². The molecule has 0 radical (unpaired) electrons. The van der Waals surface area contributed by atoms with Crippen molar-refractivity contribution in [1.82, 2.24) is 35.6 Å². The van der Waals surface area contributed by atoms with E-state index in [4.69, 9.17) is 5.73 Å². The SMILES string of the molecule is CCCC[C@H](NC(=O)c1cnc2ccc(C(F)(F)P(=O)(O)O)cc2c1)C(=O)N1C[C@@H]2C[C@@H]2[C@H]1C(=O)N[C@@H](CCC(N)=O)C(=O)C[C@H](C(=O)N1CCC(CCC#Cc2cccc3c2CN(C2CCC(=O)NC2=O)C3=O)CC1)c1ccccc1. The third-order valence-corrected chi connectivity index (χ3v) is 17.5. The van der Waals surface area contributed by atoms with Crippen LogP contribution in [0.15, 0.2) is 79.0 Å². The number of carbonyl (C=O) groups is 9. The first kappa shape index (κ1) is 58.9. The fourth-order valence-corrected chi connectivity index (χ4v) is 12.3. The number of unbranched alkanes of at least 4 members (excludes halogenated alkanes) is 1. The Labute approximate surface area is 471 Å². The van der Waals surface area contributed by atoms with Gasteiger partial charge in [-0.15, -0.1) is 0 Å². The molecule has 4 fully saturated rings. The summed E-state index contributed by atoms with van der Waals surface area (Å²) in [4.78, 5) is 149. The molecule has 23 heteroatoms. The zero-order valence-corrected chi connectivity index (χ0v) is 46.1. The smallest absolute Gasteiger partial charge is 0.370 e. The third-order valence-electron chi connectivity index (χ3n) is 16.5. The molecule has 5 aliphatic rings. The standard InChI is InChI=1S/C59H65F2N8O12P/c1-2-3-16-47(65-53(73)38-27-37-28-40(17-18-45(37)63-31-38)59(60,61)82(79,80)81)58(78)69-32-39-29-42(39)52(69)55(75)64-46(19-21-50(62)71)49(70)30-43(35-11-5-4-6-12-35)56(76)67-25-23-34(24-26-67)10-7-8-13-36-14-9-15-41-44(36)33-68(57(41)77)48-20-22-51(72)66-54(48)74/h4-6,9,11-12,14-15,17-18,27-28,31,34,39,42-43,46-48,52H,2-3,7,10,16,19-26,29-30,32-33H2,1H3,(H2,62,71)(H,64,75)(H,65,73)(H,66,72,74)(H2,79,80,81)/t39-,42-,43-,46-,47-,48?,52-/m0/s1. The number of ketones is 1. The highest BCUT2D eigenvalue weighted by Gasteiger charge is 2.58. The molecule has 5 heterocycles. The fraction of sp³-hybridized carbons (Fsp3) is 0.458. The third kappa shape index (κ3) is 13.0. The number of hydrogen-bond donors (Lipinski definition) is 6. The molecular formula is C59H65F2N8O12P. The van der Waals surface area contributed by atoms with E-state index in [1.54, 1.807) is 47.4 Å². The van der Waals surface area contributed by atoms with Gasteiger partial charge in [-0.05, 0) is 104 Å². The van der Waals surface area contributed by atoms with Crippen LogP contribution in [0.4, 0.5) is 8.78 Å². The molecule has 1 aromatic heterocycles. The Bertz CT molecular complexity index is 3320. The molecule has 8 amide bonds. The number of likely N-dealkylation sites (tertiary alicyclic amines) is 2. The van der Waals surface area contributed by atoms with Crippen molar-refractivity contribution in [3.8, 4) is 11.8 Å². The lowest BCUT2D eigenvalue weighted by molar-refractivity contribution is -0.142. The summed E-state index contributed by atoms with van der Waals surface area (Å²) < 4.78 is 40.8. The number of imide groups is 1. The minimum absolute atomic E-state index is 0.0134. The predicted octanol–water partition coefficient (Wildman–Crippen LogP) is 4.92. The van der Waals surface area contributed by atoms with Gasteiger partial charge in [0.1, 0.15) is 18.1 Å². The monoisotopic (exact) mass is 1150 g/mol. The lowest BCUT2D eigenvalue weighted by Gasteiger charge is -2.34. The van der Waals surface area contributed by atoms with Gasteiger partial charge in [-0.25, -0.2) is 0 Å². The number of fused-ring (bicyclic) bond motifs is 3. The maximum atomic E-state index is 14.6. The van der Waals surface area contributed by atoms with Crippen LogP contribution >= 0.6 is 7.60 Å². The van der Waals surface area contributed by atoms with Crippen LogP contribution in [-0.4, -0.2) is 126 Å². The molecule has 432 valence electrons. The molecule has 1 unspecified atom stereocenters. The van der Waals surface area contributed by atoms with E-state index in [9.17, 15) is 66.3 Å². The molecule has 20 nitrogen and oxygen atoms in total. The van der Waals surface area contributed by atoms with Crippen molar-refractivity contribution in [1.29, 1.82) is 0 Å². The lowest BCUT2D eigenvalue weighted by atomic mass is 9.87. The van der Waals surface area contributed by atoms with Crippen LogP contribution < -0.4 is 21.7 Å². The van der Waals surface area contributed by atoms with Crippen molar-refractivity contribution in [2.45, 2.75) is 133 Å². The minimum Gasteiger partial charge on any atom is -0.370 e. The van der Waals surface area contributed by atoms with Gasteiger partial charge in [0, 0.05) is 80.1 Å². The number of primary amides is 1. The summed E-state index contributed by atoms with van der Waals surface area (Å²) in [6.45, 7) is 3.15. The fourth-order valence-electron chi connectivity index (χ4n) is 11.8. The van der Waals surface area contributed by atoms with Crippen LogP contribution in [0.5, 0.6) is 0 Å². The number of nitrogens with zero attached hydrogens (tertiary/aromatic N) is 4. The van der Waals surface area contributed by atoms with Crippen molar-refractivity contribution >= 4 is 71.5 Å². The Kier molecular flexibility index (Phi) is 17.8. The first-order valence-electron chi connectivity index (χ1n) is 27.8. The number of aromatic nitrogens is 1. The number of pyridine rings is 1. The Morgan fingerprint density at radius 3 is 2.39 bits per heavy atom. The Balaban J connectivity index is 0.832. The molecule has 7 atom stereocenters. The number of carbonyl (C=O) groups excluding carboxylic acids is 9. The number of nitrogens with one attached hydrogen (secondary N) is 3. The second-order valence-electron chi connectivity index (χ2n) is 22.0. The van der Waals surface area contributed by atoms with Crippen LogP contribution in [0.1, 0.15) is 139 Å². The molecule has 0 spiro atoms. The highest BCUT2D eigenvalue weighted by molar-refractivity contribution is 7.52. The summed E-state index contributed by atoms with van der Waals surface area (Å²) in [7, 11) is -5.90. The van der Waals surface area contributed by atoms with Gasteiger partial charge in [-0.3, -0.25) is 58.0 Å². The molecule has 1 aliphatic carbocycles. The second kappa shape index (κ2) is 24.8. The molecule has 3 saturated heterocycles. The summed E-state index contributed by atoms with van der Waals surface area (Å²) in [6.07, 6.45) is 5.45. The molecule has 82 heavy (non-hydrogen) atoms. The van der Waals surface area contributed by atoms with Gasteiger partial charge in [0.25, 0.3) is 11.8 Å². The minimum atomic E-state index is -5.90. The average molecular weight is 1150 g/mol. The molecule has 3 aromatic carbocycles. The van der Waals surface area contributed by atoms with Crippen LogP contribution in [-0.2, 0) is 50.3 Å². The largest absolute Gasteiger partial charge is 0.399 e. The molecule has 7 N–H and O–H groups in total. The Morgan fingerprint density at radius 1 is 0.927 bits per heavy atom. The normalized spacial score (nSPS) is 20.9. The lowest BCUT2D eigenvalue weighted by Crippen LogP contribution is -2.56. The first-order chi connectivity index (χ1) is 39.1. The van der Waals surface area contributed by atoms with Gasteiger partial charge >= 0.3 is 13.3 Å². The summed E-state index contributed by atoms with van der Waals surface area (Å²) in [5.41, 5.74) is 2.63. The molecule has 9 rings (SSSR count). The van der Waals surface area contributed by atoms with E-state index < -0.39 is 84.2 Å². The van der Waals surface area contributed by atoms with E-state index in [1.165, 1.54) is 22.1 Å². The van der Waals surface area contributed by atoms with E-state index in [0.29, 0.717) is 68.3 Å². The highest BCUT2D eigenvalue weighted by Crippen LogP contribution is 2.59. The molecule has 4 aliphatic heterocycles. The van der Waals surface area contributed by atoms with Crippen LogP contribution in [0.2, 0.25) is 0 Å². The van der Waals surface area contributed by atoms with Crippen LogP contribution in [0.25, 0.3) is 10.9 Å². The van der Waals surface area contributed by atoms with Gasteiger partial charge < -0.3 is 40.9 Å².